The van der Waals surface area contributed by atoms with E-state index < -0.39 is 5.97 Å². The van der Waals surface area contributed by atoms with E-state index in [0.29, 0.717) is 5.92 Å². The fourth-order valence-electron chi connectivity index (χ4n) is 2.63. The third-order valence-electron chi connectivity index (χ3n) is 3.49. The molecular formula is C16H18O2. The van der Waals surface area contributed by atoms with Gasteiger partial charge in [-0.2, -0.15) is 0 Å². The Morgan fingerprint density at radius 3 is 2.67 bits per heavy atom. The molecule has 2 rings (SSSR count). The predicted molar refractivity (Wildman–Crippen MR) is 72.5 cm³/mol. The molecule has 0 aromatic heterocycles. The second-order valence-corrected chi connectivity index (χ2v) is 4.76. The zero-order chi connectivity index (χ0) is 12.8. The molecule has 0 saturated heterocycles. The Morgan fingerprint density at radius 1 is 1.22 bits per heavy atom. The minimum atomic E-state index is -0.957. The third kappa shape index (κ3) is 3.35. The molecule has 1 aromatic rings. The monoisotopic (exact) mass is 242 g/mol. The number of carboxylic acid groups (broad SMARTS) is 1. The molecule has 18 heavy (non-hydrogen) atoms. The van der Waals surface area contributed by atoms with Crippen LogP contribution in [0.2, 0.25) is 0 Å². The summed E-state index contributed by atoms with van der Waals surface area (Å²) in [5, 5.41) is 8.57. The van der Waals surface area contributed by atoms with Crippen LogP contribution in [0.4, 0.5) is 0 Å². The molecule has 1 saturated carbocycles. The molecular weight excluding hydrogens is 224 g/mol. The molecule has 0 bridgehead atoms. The van der Waals surface area contributed by atoms with E-state index in [0.717, 1.165) is 11.6 Å². The van der Waals surface area contributed by atoms with Gasteiger partial charge in [-0.05, 0) is 36.0 Å². The normalized spacial score (nSPS) is 15.8. The van der Waals surface area contributed by atoms with E-state index in [1.807, 2.05) is 12.1 Å². The first-order valence-corrected chi connectivity index (χ1v) is 6.51. The standard InChI is InChI=1S/C16H18O2/c17-16(18)12-6-10-14-9-4-5-11-15(14)13-7-2-1-3-8-13/h4-5,9-13H,1-3,7-8H2,(H,17,18). The summed E-state index contributed by atoms with van der Waals surface area (Å²) in [6, 6.07) is 8.24. The van der Waals surface area contributed by atoms with Crippen molar-refractivity contribution in [3.05, 3.63) is 47.2 Å². The minimum Gasteiger partial charge on any atom is -0.478 e. The number of hydrogen-bond acceptors (Lipinski definition) is 1. The maximum Gasteiger partial charge on any atom is 0.336 e. The van der Waals surface area contributed by atoms with Crippen LogP contribution in [-0.2, 0) is 4.79 Å². The van der Waals surface area contributed by atoms with Crippen LogP contribution in [0.25, 0.3) is 6.08 Å². The van der Waals surface area contributed by atoms with Crippen molar-refractivity contribution in [3.63, 3.8) is 0 Å². The molecule has 0 amide bonds. The molecule has 1 N–H and O–H groups in total. The molecule has 0 radical (unpaired) electrons. The summed E-state index contributed by atoms with van der Waals surface area (Å²) < 4.78 is 0. The minimum absolute atomic E-state index is 0.623. The number of hydrogen-bond donors (Lipinski definition) is 1. The summed E-state index contributed by atoms with van der Waals surface area (Å²) in [5.74, 6) is -0.334. The Kier molecular flexibility index (Phi) is 4.38. The molecule has 2 nitrogen and oxygen atoms in total. The molecule has 94 valence electrons. The summed E-state index contributed by atoms with van der Waals surface area (Å²) in [5.41, 5.74) is 5.17. The average molecular weight is 242 g/mol. The Bertz CT molecular complexity index is 476. The van der Waals surface area contributed by atoms with E-state index in [1.54, 1.807) is 6.08 Å². The van der Waals surface area contributed by atoms with Crippen molar-refractivity contribution in [3.8, 4) is 0 Å². The lowest BCUT2D eigenvalue weighted by molar-refractivity contribution is -0.131. The third-order valence-corrected chi connectivity index (χ3v) is 3.49. The van der Waals surface area contributed by atoms with Crippen LogP contribution in [0.1, 0.15) is 49.1 Å². The van der Waals surface area contributed by atoms with Crippen LogP contribution in [-0.4, -0.2) is 11.1 Å². The topological polar surface area (TPSA) is 37.3 Å². The van der Waals surface area contributed by atoms with Crippen LogP contribution >= 0.6 is 0 Å². The van der Waals surface area contributed by atoms with Gasteiger partial charge in [0.15, 0.2) is 0 Å². The van der Waals surface area contributed by atoms with Gasteiger partial charge in [0.25, 0.3) is 0 Å². The summed E-state index contributed by atoms with van der Waals surface area (Å²) in [7, 11) is 0. The maximum absolute atomic E-state index is 10.4. The van der Waals surface area contributed by atoms with E-state index in [2.05, 4.69) is 17.9 Å². The van der Waals surface area contributed by atoms with E-state index in [4.69, 9.17) is 5.11 Å². The van der Waals surface area contributed by atoms with Crippen molar-refractivity contribution in [1.82, 2.24) is 0 Å². The number of aliphatic carboxylic acids is 1. The van der Waals surface area contributed by atoms with Crippen molar-refractivity contribution in [2.75, 3.05) is 0 Å². The van der Waals surface area contributed by atoms with Crippen LogP contribution < -0.4 is 0 Å². The highest BCUT2D eigenvalue weighted by Crippen LogP contribution is 2.34. The zero-order valence-corrected chi connectivity index (χ0v) is 10.4. The van der Waals surface area contributed by atoms with Crippen molar-refractivity contribution < 1.29 is 9.90 Å². The van der Waals surface area contributed by atoms with Crippen LogP contribution in [0.3, 0.4) is 0 Å². The SMILES string of the molecule is O=C(O)C=C=Cc1ccccc1C1CCCCC1. The molecule has 0 spiro atoms. The molecule has 1 aromatic carbocycles. The van der Waals surface area contributed by atoms with Gasteiger partial charge in [-0.15, -0.1) is 5.73 Å². The zero-order valence-electron chi connectivity index (χ0n) is 10.4. The molecule has 1 fully saturated rings. The number of carboxylic acids is 1. The smallest absolute Gasteiger partial charge is 0.336 e. The molecule has 1 aliphatic carbocycles. The lowest BCUT2D eigenvalue weighted by Crippen LogP contribution is -2.05. The van der Waals surface area contributed by atoms with Crippen molar-refractivity contribution >= 4 is 12.0 Å². The number of carbonyl (C=O) groups is 1. The molecule has 0 atom stereocenters. The van der Waals surface area contributed by atoms with Crippen LogP contribution in [0.5, 0.6) is 0 Å². The largest absolute Gasteiger partial charge is 0.478 e. The average Bonchev–Trinajstić information content (AvgIpc) is 2.40. The molecule has 1 aliphatic rings. The van der Waals surface area contributed by atoms with Crippen molar-refractivity contribution in [2.45, 2.75) is 38.0 Å². The van der Waals surface area contributed by atoms with Gasteiger partial charge in [0, 0.05) is 0 Å². The summed E-state index contributed by atoms with van der Waals surface area (Å²) in [6.45, 7) is 0. The Labute approximate surface area is 108 Å². The van der Waals surface area contributed by atoms with Gasteiger partial charge in [0.05, 0.1) is 6.08 Å². The van der Waals surface area contributed by atoms with Gasteiger partial charge >= 0.3 is 5.97 Å². The van der Waals surface area contributed by atoms with E-state index >= 15 is 0 Å². The van der Waals surface area contributed by atoms with Gasteiger partial charge in [-0.1, -0.05) is 43.5 Å². The second-order valence-electron chi connectivity index (χ2n) is 4.76. The van der Waals surface area contributed by atoms with Crippen molar-refractivity contribution in [1.29, 1.82) is 0 Å². The first-order valence-electron chi connectivity index (χ1n) is 6.51. The Balaban J connectivity index is 2.24. The Hall–Kier alpha value is -1.79. The summed E-state index contributed by atoms with van der Waals surface area (Å²) in [4.78, 5) is 10.4. The second kappa shape index (κ2) is 6.23. The fourth-order valence-corrected chi connectivity index (χ4v) is 2.63. The lowest BCUT2D eigenvalue weighted by Gasteiger charge is -2.23. The van der Waals surface area contributed by atoms with E-state index in [-0.39, 0.29) is 0 Å². The highest BCUT2D eigenvalue weighted by Gasteiger charge is 2.16. The highest BCUT2D eigenvalue weighted by atomic mass is 16.4. The predicted octanol–water partition coefficient (Wildman–Crippen LogP) is 3.99. The van der Waals surface area contributed by atoms with Crippen LogP contribution in [0.15, 0.2) is 36.1 Å². The first kappa shape index (κ1) is 12.7. The molecule has 0 heterocycles. The quantitative estimate of drug-likeness (QED) is 0.643. The first-order chi connectivity index (χ1) is 8.77. The van der Waals surface area contributed by atoms with Crippen LogP contribution in [0, 0.1) is 0 Å². The van der Waals surface area contributed by atoms with Gasteiger partial charge < -0.3 is 5.11 Å². The molecule has 0 aliphatic heterocycles. The van der Waals surface area contributed by atoms with E-state index in [1.165, 1.54) is 37.7 Å². The summed E-state index contributed by atoms with van der Waals surface area (Å²) >= 11 is 0. The van der Waals surface area contributed by atoms with Crippen molar-refractivity contribution in [2.24, 2.45) is 0 Å². The van der Waals surface area contributed by atoms with Gasteiger partial charge in [0.2, 0.25) is 0 Å². The lowest BCUT2D eigenvalue weighted by atomic mass is 9.82. The highest BCUT2D eigenvalue weighted by molar-refractivity contribution is 5.80. The number of rotatable bonds is 3. The van der Waals surface area contributed by atoms with Gasteiger partial charge in [-0.3, -0.25) is 0 Å². The fraction of sp³-hybridized carbons (Fsp3) is 0.375. The number of benzene rings is 1. The van der Waals surface area contributed by atoms with Gasteiger partial charge in [-0.25, -0.2) is 4.79 Å². The molecule has 0 unspecified atom stereocenters. The van der Waals surface area contributed by atoms with E-state index in [9.17, 15) is 4.79 Å². The Morgan fingerprint density at radius 2 is 1.94 bits per heavy atom. The maximum atomic E-state index is 10.4. The molecule has 2 heteroatoms. The van der Waals surface area contributed by atoms with Gasteiger partial charge in [0.1, 0.15) is 0 Å². The summed E-state index contributed by atoms with van der Waals surface area (Å²) in [6.07, 6.45) is 9.26.